The van der Waals surface area contributed by atoms with Crippen LogP contribution in [0.4, 0.5) is 26.3 Å². The van der Waals surface area contributed by atoms with Gasteiger partial charge in [-0.05, 0) is 12.8 Å². The van der Waals surface area contributed by atoms with Gasteiger partial charge in [0.1, 0.15) is 0 Å². The first-order valence-electron chi connectivity index (χ1n) is 7.26. The third-order valence-electron chi connectivity index (χ3n) is 2.81. The van der Waals surface area contributed by atoms with Gasteiger partial charge in [-0.1, -0.05) is 24.1 Å². The Labute approximate surface area is 148 Å². The van der Waals surface area contributed by atoms with E-state index in [0.717, 1.165) is 6.92 Å². The largest absolute Gasteiger partial charge is 0.512 e. The Morgan fingerprint density at radius 3 is 1.27 bits per heavy atom. The van der Waals surface area contributed by atoms with Gasteiger partial charge in [-0.3, -0.25) is 0 Å². The van der Waals surface area contributed by atoms with Gasteiger partial charge in [0.2, 0.25) is 0 Å². The maximum atomic E-state index is 13.0. The Hall–Kier alpha value is -0.423. The Morgan fingerprint density at radius 2 is 1.08 bits per heavy atom. The number of alkyl halides is 6. The highest BCUT2D eigenvalue weighted by Crippen LogP contribution is 2.40. The van der Waals surface area contributed by atoms with Crippen LogP contribution in [0, 0.1) is 0 Å². The predicted octanol–water partition coefficient (Wildman–Crippen LogP) is 2.80. The zero-order valence-corrected chi connectivity index (χ0v) is 16.6. The first-order valence-corrected chi connectivity index (χ1v) is 12.1. The van der Waals surface area contributed by atoms with E-state index < -0.39 is 62.4 Å². The lowest BCUT2D eigenvalue weighted by Crippen LogP contribution is -2.66. The van der Waals surface area contributed by atoms with Crippen LogP contribution in [0.25, 0.3) is 0 Å². The molecule has 158 valence electrons. The lowest BCUT2D eigenvalue weighted by Gasteiger charge is -2.37. The summed E-state index contributed by atoms with van der Waals surface area (Å²) in [6.45, 7) is 2.87. The van der Waals surface area contributed by atoms with Gasteiger partial charge in [-0.25, -0.2) is 16.8 Å². The minimum atomic E-state index is -6.97. The fraction of sp³-hybridized carbons (Fsp3) is 1.00. The van der Waals surface area contributed by atoms with Gasteiger partial charge in [0, 0.05) is 19.3 Å². The van der Waals surface area contributed by atoms with Crippen LogP contribution >= 0.6 is 0 Å². The summed E-state index contributed by atoms with van der Waals surface area (Å²) < 4.78 is 133. The Kier molecular flexibility index (Phi) is 8.58. The van der Waals surface area contributed by atoms with E-state index in [0.29, 0.717) is 0 Å². The van der Waals surface area contributed by atoms with E-state index >= 15 is 0 Å². The van der Waals surface area contributed by atoms with E-state index in [4.69, 9.17) is 8.85 Å². The van der Waals surface area contributed by atoms with E-state index in [-0.39, 0.29) is 12.8 Å². The normalized spacial score (nSPS) is 14.8. The summed E-state index contributed by atoms with van der Waals surface area (Å²) >= 11 is 0. The number of rotatable bonds is 10. The fourth-order valence-corrected chi connectivity index (χ4v) is 10.6. The summed E-state index contributed by atoms with van der Waals surface area (Å²) in [7, 11) is -19.2. The molecular formula is C10H19F6NO6S2Si. The Balaban J connectivity index is 6.87. The maximum Gasteiger partial charge on any atom is 0.512 e. The van der Waals surface area contributed by atoms with Crippen LogP contribution in [-0.4, -0.2) is 53.2 Å². The van der Waals surface area contributed by atoms with Crippen LogP contribution in [0.3, 0.4) is 0 Å². The summed E-state index contributed by atoms with van der Waals surface area (Å²) in [5, 5.41) is 0. The van der Waals surface area contributed by atoms with Crippen molar-refractivity contribution in [3.63, 3.8) is 0 Å². The highest BCUT2D eigenvalue weighted by Gasteiger charge is 2.70. The Bertz CT molecular complexity index is 610. The standard InChI is InChI=1S/C10H19F6NO6S2Si/c1-4-7-22-26(6-3,23-8-5-2)17(24(18,19)9(11,12)13)25(20,21)10(14,15)16/h4-8H2,1-3H3. The smallest absolute Gasteiger partial charge is 0.382 e. The van der Waals surface area contributed by atoms with Crippen molar-refractivity contribution in [3.8, 4) is 0 Å². The van der Waals surface area contributed by atoms with Crippen molar-refractivity contribution < 1.29 is 52.0 Å². The molecule has 0 spiro atoms. The van der Waals surface area contributed by atoms with Crippen LogP contribution in [-0.2, 0) is 28.9 Å². The van der Waals surface area contributed by atoms with E-state index in [1.807, 2.05) is 0 Å². The first-order chi connectivity index (χ1) is 11.5. The third-order valence-corrected chi connectivity index (χ3v) is 11.9. The molecule has 16 heteroatoms. The fourth-order valence-electron chi connectivity index (χ4n) is 1.69. The number of hydrogen-bond donors (Lipinski definition) is 0. The molecule has 0 aromatic rings. The van der Waals surface area contributed by atoms with Gasteiger partial charge in [0.05, 0.1) is 0 Å². The van der Waals surface area contributed by atoms with Gasteiger partial charge in [-0.2, -0.15) is 26.3 Å². The van der Waals surface area contributed by atoms with Crippen LogP contribution < -0.4 is 0 Å². The molecular weight excluding hydrogens is 436 g/mol. The minimum absolute atomic E-state index is 0.0657. The van der Waals surface area contributed by atoms with Crippen LogP contribution in [0.5, 0.6) is 0 Å². The van der Waals surface area contributed by atoms with Crippen LogP contribution in [0.2, 0.25) is 6.04 Å². The molecule has 0 aliphatic rings. The van der Waals surface area contributed by atoms with Crippen LogP contribution in [0.1, 0.15) is 33.6 Å². The van der Waals surface area contributed by atoms with Crippen molar-refractivity contribution in [2.24, 2.45) is 0 Å². The molecule has 7 nitrogen and oxygen atoms in total. The molecule has 0 amide bonds. The molecule has 0 aromatic carbocycles. The van der Waals surface area contributed by atoms with Crippen molar-refractivity contribution in [3.05, 3.63) is 0 Å². The van der Waals surface area contributed by atoms with Crippen molar-refractivity contribution in [1.82, 2.24) is 3.38 Å². The van der Waals surface area contributed by atoms with Crippen molar-refractivity contribution in [2.45, 2.75) is 50.7 Å². The van der Waals surface area contributed by atoms with E-state index in [1.54, 1.807) is 0 Å². The molecule has 0 aliphatic heterocycles. The number of hydrogen-bond acceptors (Lipinski definition) is 6. The molecule has 0 N–H and O–H groups in total. The monoisotopic (exact) mass is 455 g/mol. The molecule has 0 atom stereocenters. The molecule has 0 saturated carbocycles. The third kappa shape index (κ3) is 5.09. The molecule has 0 saturated heterocycles. The van der Waals surface area contributed by atoms with Crippen molar-refractivity contribution in [1.29, 1.82) is 0 Å². The summed E-state index contributed by atoms with van der Waals surface area (Å²) in [4.78, 5) is 0. The molecule has 0 fully saturated rings. The van der Waals surface area contributed by atoms with Gasteiger partial charge < -0.3 is 8.85 Å². The van der Waals surface area contributed by atoms with Crippen LogP contribution in [0.15, 0.2) is 0 Å². The van der Waals surface area contributed by atoms with Gasteiger partial charge >= 0.3 is 39.8 Å². The quantitative estimate of drug-likeness (QED) is 0.372. The maximum absolute atomic E-state index is 13.0. The second-order valence-corrected chi connectivity index (χ2v) is 12.5. The number of nitrogens with zero attached hydrogens (tertiary/aromatic N) is 1. The van der Waals surface area contributed by atoms with Gasteiger partial charge in [0.15, 0.2) is 0 Å². The second kappa shape index (κ2) is 8.72. The lowest BCUT2D eigenvalue weighted by atomic mass is 10.5. The average molecular weight is 455 g/mol. The minimum Gasteiger partial charge on any atom is -0.382 e. The van der Waals surface area contributed by atoms with Gasteiger partial charge in [0.25, 0.3) is 0 Å². The SMILES string of the molecule is CCCO[Si](CC)(OCCC)N(S(=O)(=O)C(F)(F)F)S(=O)(=O)C(F)(F)F. The lowest BCUT2D eigenvalue weighted by molar-refractivity contribution is -0.0528. The average Bonchev–Trinajstić information content (AvgIpc) is 2.47. The summed E-state index contributed by atoms with van der Waals surface area (Å²) in [6.07, 6.45) is 0.131. The molecule has 0 bridgehead atoms. The predicted molar refractivity (Wildman–Crippen MR) is 80.5 cm³/mol. The van der Waals surface area contributed by atoms with E-state index in [2.05, 4.69) is 0 Å². The zero-order chi connectivity index (χ0) is 21.0. The van der Waals surface area contributed by atoms with Crippen molar-refractivity contribution in [2.75, 3.05) is 13.2 Å². The highest BCUT2D eigenvalue weighted by molar-refractivity contribution is 8.06. The number of sulfonamides is 2. The number of halogens is 6. The molecule has 0 aromatic heterocycles. The molecule has 0 heterocycles. The van der Waals surface area contributed by atoms with Gasteiger partial charge in [-0.15, -0.1) is 0 Å². The second-order valence-electron chi connectivity index (χ2n) is 4.86. The summed E-state index contributed by atoms with van der Waals surface area (Å²) in [5.74, 6) is 0. The zero-order valence-electron chi connectivity index (χ0n) is 14.0. The summed E-state index contributed by atoms with van der Waals surface area (Å²) in [6, 6.07) is -0.822. The van der Waals surface area contributed by atoms with E-state index in [1.165, 1.54) is 13.8 Å². The highest BCUT2D eigenvalue weighted by atomic mass is 32.3. The van der Waals surface area contributed by atoms with E-state index in [9.17, 15) is 43.2 Å². The summed E-state index contributed by atoms with van der Waals surface area (Å²) in [5.41, 5.74) is -12.6. The molecule has 26 heavy (non-hydrogen) atoms. The molecule has 0 radical (unpaired) electrons. The van der Waals surface area contributed by atoms with Crippen molar-refractivity contribution >= 4 is 28.8 Å². The topological polar surface area (TPSA) is 90.0 Å². The molecule has 0 unspecified atom stereocenters. The first kappa shape index (κ1) is 25.6. The Morgan fingerprint density at radius 1 is 0.769 bits per heavy atom. The molecule has 0 rings (SSSR count). The molecule has 0 aliphatic carbocycles.